The lowest BCUT2D eigenvalue weighted by Crippen LogP contribution is -1.77. The summed E-state index contributed by atoms with van der Waals surface area (Å²) in [4.78, 5) is 4.37. The van der Waals surface area contributed by atoms with Crippen molar-refractivity contribution >= 4 is 23.3 Å². The molecule has 2 aromatic heterocycles. The molecule has 13 heavy (non-hydrogen) atoms. The second kappa shape index (κ2) is 3.62. The van der Waals surface area contributed by atoms with Gasteiger partial charge in [-0.1, -0.05) is 12.1 Å². The van der Waals surface area contributed by atoms with Crippen LogP contribution >= 0.6 is 11.6 Å². The maximum atomic E-state index is 5.53. The molecule has 0 spiro atoms. The Morgan fingerprint density at radius 3 is 3.15 bits per heavy atom. The minimum absolute atomic E-state index is 0.522. The summed E-state index contributed by atoms with van der Waals surface area (Å²) in [7, 11) is 0. The fraction of sp³-hybridized carbons (Fsp3) is 0.100. The number of hydrogen-bond donors (Lipinski definition) is 0. The number of imidazole rings is 1. The Hall–Kier alpha value is -1.28. The van der Waals surface area contributed by atoms with E-state index in [1.54, 1.807) is 0 Å². The van der Waals surface area contributed by atoms with Crippen LogP contribution in [0.1, 0.15) is 5.69 Å². The molecule has 0 aromatic carbocycles. The molecule has 3 heteroatoms. The molecule has 0 saturated heterocycles. The van der Waals surface area contributed by atoms with E-state index in [0.717, 1.165) is 11.3 Å². The molecule has 0 amide bonds. The number of nitrogens with zero attached hydrogens (tertiary/aromatic N) is 2. The maximum absolute atomic E-state index is 5.53. The van der Waals surface area contributed by atoms with Gasteiger partial charge in [0.15, 0.2) is 0 Å². The predicted molar refractivity (Wildman–Crippen MR) is 54.9 cm³/mol. The summed E-state index contributed by atoms with van der Waals surface area (Å²) in [5, 5.41) is 0. The van der Waals surface area contributed by atoms with Crippen LogP contribution < -0.4 is 0 Å². The van der Waals surface area contributed by atoms with Crippen LogP contribution in [-0.2, 0) is 0 Å². The van der Waals surface area contributed by atoms with E-state index in [4.69, 9.17) is 11.6 Å². The summed E-state index contributed by atoms with van der Waals surface area (Å²) in [6.07, 6.45) is 7.74. The fourth-order valence-electron chi connectivity index (χ4n) is 1.20. The molecule has 0 atom stereocenters. The monoisotopic (exact) mass is 192 g/mol. The van der Waals surface area contributed by atoms with Gasteiger partial charge in [0.25, 0.3) is 0 Å². The zero-order valence-electron chi connectivity index (χ0n) is 7.02. The first kappa shape index (κ1) is 8.32. The number of alkyl halides is 1. The van der Waals surface area contributed by atoms with E-state index >= 15 is 0 Å². The molecule has 0 aliphatic carbocycles. The number of fused-ring (bicyclic) bond motifs is 1. The van der Waals surface area contributed by atoms with Gasteiger partial charge < -0.3 is 4.40 Å². The average Bonchev–Trinajstić information content (AvgIpc) is 2.57. The number of pyridine rings is 1. The van der Waals surface area contributed by atoms with Crippen LogP contribution in [0.5, 0.6) is 0 Å². The van der Waals surface area contributed by atoms with E-state index in [1.807, 2.05) is 47.1 Å². The summed E-state index contributed by atoms with van der Waals surface area (Å²) in [5.74, 6) is 0.522. The second-order valence-corrected chi connectivity index (χ2v) is 3.00. The minimum atomic E-state index is 0.522. The van der Waals surface area contributed by atoms with Gasteiger partial charge in [-0.15, -0.1) is 11.6 Å². The van der Waals surface area contributed by atoms with Crippen molar-refractivity contribution in [3.8, 4) is 0 Å². The van der Waals surface area contributed by atoms with Gasteiger partial charge in [0.1, 0.15) is 5.65 Å². The summed E-state index contributed by atoms with van der Waals surface area (Å²) in [5.41, 5.74) is 1.89. The zero-order valence-corrected chi connectivity index (χ0v) is 7.78. The van der Waals surface area contributed by atoms with Crippen LogP contribution in [0, 0.1) is 0 Å². The SMILES string of the molecule is ClCC=Cc1cn2ccccc2n1. The third kappa shape index (κ3) is 1.73. The van der Waals surface area contributed by atoms with Crippen molar-refractivity contribution in [3.63, 3.8) is 0 Å². The number of halogens is 1. The minimum Gasteiger partial charge on any atom is -0.306 e. The Kier molecular flexibility index (Phi) is 2.32. The predicted octanol–water partition coefficient (Wildman–Crippen LogP) is 2.59. The summed E-state index contributed by atoms with van der Waals surface area (Å²) < 4.78 is 1.98. The van der Waals surface area contributed by atoms with Crippen molar-refractivity contribution in [1.82, 2.24) is 9.38 Å². The summed E-state index contributed by atoms with van der Waals surface area (Å²) in [6, 6.07) is 5.92. The van der Waals surface area contributed by atoms with E-state index in [2.05, 4.69) is 4.98 Å². The molecule has 0 aliphatic rings. The number of hydrogen-bond acceptors (Lipinski definition) is 1. The topological polar surface area (TPSA) is 17.3 Å². The average molecular weight is 193 g/mol. The lowest BCUT2D eigenvalue weighted by atomic mass is 10.4. The number of rotatable bonds is 2. The highest BCUT2D eigenvalue weighted by atomic mass is 35.5. The lowest BCUT2D eigenvalue weighted by Gasteiger charge is -1.86. The Labute approximate surface area is 81.5 Å². The molecule has 66 valence electrons. The molecule has 0 radical (unpaired) electrons. The fourth-order valence-corrected chi connectivity index (χ4v) is 1.29. The van der Waals surface area contributed by atoms with E-state index in [1.165, 1.54) is 0 Å². The molecule has 0 fully saturated rings. The molecule has 0 saturated carbocycles. The molecule has 0 aliphatic heterocycles. The second-order valence-electron chi connectivity index (χ2n) is 2.69. The van der Waals surface area contributed by atoms with Crippen LogP contribution in [0.15, 0.2) is 36.7 Å². The van der Waals surface area contributed by atoms with Gasteiger partial charge in [0.2, 0.25) is 0 Å². The van der Waals surface area contributed by atoms with Gasteiger partial charge in [-0.2, -0.15) is 0 Å². The van der Waals surface area contributed by atoms with E-state index in [9.17, 15) is 0 Å². The molecule has 0 bridgehead atoms. The van der Waals surface area contributed by atoms with Crippen molar-refractivity contribution in [1.29, 1.82) is 0 Å². The van der Waals surface area contributed by atoms with Gasteiger partial charge in [-0.3, -0.25) is 0 Å². The lowest BCUT2D eigenvalue weighted by molar-refractivity contribution is 1.19. The molecule has 2 aromatic rings. The first-order chi connectivity index (χ1) is 6.40. The van der Waals surface area contributed by atoms with Crippen molar-refractivity contribution < 1.29 is 0 Å². The van der Waals surface area contributed by atoms with Gasteiger partial charge in [-0.25, -0.2) is 4.98 Å². The quantitative estimate of drug-likeness (QED) is 0.669. The third-order valence-corrected chi connectivity index (χ3v) is 1.94. The molecule has 2 rings (SSSR count). The zero-order chi connectivity index (χ0) is 9.10. The van der Waals surface area contributed by atoms with Crippen molar-refractivity contribution in [2.75, 3.05) is 5.88 Å². The van der Waals surface area contributed by atoms with E-state index in [0.29, 0.717) is 5.88 Å². The smallest absolute Gasteiger partial charge is 0.137 e. The third-order valence-electron chi connectivity index (χ3n) is 1.76. The van der Waals surface area contributed by atoms with Crippen LogP contribution in [0.25, 0.3) is 11.7 Å². The Morgan fingerprint density at radius 1 is 1.46 bits per heavy atom. The normalized spacial score (nSPS) is 11.5. The van der Waals surface area contributed by atoms with Gasteiger partial charge in [0.05, 0.1) is 5.69 Å². The highest BCUT2D eigenvalue weighted by Crippen LogP contribution is 2.05. The van der Waals surface area contributed by atoms with E-state index < -0.39 is 0 Å². The van der Waals surface area contributed by atoms with Gasteiger partial charge in [-0.05, 0) is 18.2 Å². The highest BCUT2D eigenvalue weighted by molar-refractivity contribution is 6.19. The molecular weight excluding hydrogens is 184 g/mol. The molecule has 0 unspecified atom stereocenters. The summed E-state index contributed by atoms with van der Waals surface area (Å²) in [6.45, 7) is 0. The number of allylic oxidation sites excluding steroid dienone is 1. The van der Waals surface area contributed by atoms with Gasteiger partial charge >= 0.3 is 0 Å². The van der Waals surface area contributed by atoms with Crippen molar-refractivity contribution in [2.24, 2.45) is 0 Å². The Morgan fingerprint density at radius 2 is 2.38 bits per heavy atom. The molecule has 0 N–H and O–H groups in total. The Bertz CT molecular complexity index is 398. The highest BCUT2D eigenvalue weighted by Gasteiger charge is 1.95. The molecule has 2 heterocycles. The number of aromatic nitrogens is 2. The Balaban J connectivity index is 2.44. The van der Waals surface area contributed by atoms with Crippen molar-refractivity contribution in [3.05, 3.63) is 42.4 Å². The van der Waals surface area contributed by atoms with Crippen LogP contribution in [-0.4, -0.2) is 15.3 Å². The summed E-state index contributed by atoms with van der Waals surface area (Å²) >= 11 is 5.53. The van der Waals surface area contributed by atoms with Crippen LogP contribution in [0.2, 0.25) is 0 Å². The largest absolute Gasteiger partial charge is 0.306 e. The maximum Gasteiger partial charge on any atom is 0.137 e. The molecule has 2 nitrogen and oxygen atoms in total. The van der Waals surface area contributed by atoms with E-state index in [-0.39, 0.29) is 0 Å². The van der Waals surface area contributed by atoms with Crippen molar-refractivity contribution in [2.45, 2.75) is 0 Å². The van der Waals surface area contributed by atoms with Crippen LogP contribution in [0.3, 0.4) is 0 Å². The first-order valence-electron chi connectivity index (χ1n) is 4.06. The molecular formula is C10H9ClN2. The standard InChI is InChI=1S/C10H9ClN2/c11-6-3-4-9-8-13-7-2-1-5-10(13)12-9/h1-5,7-8H,6H2. The van der Waals surface area contributed by atoms with Crippen LogP contribution in [0.4, 0.5) is 0 Å². The van der Waals surface area contributed by atoms with Gasteiger partial charge in [0, 0.05) is 18.3 Å². The first-order valence-corrected chi connectivity index (χ1v) is 4.60.